The maximum absolute atomic E-state index is 14.1. The fraction of sp³-hybridized carbons (Fsp3) is 0.448. The normalized spacial score (nSPS) is 22.9. The van der Waals surface area contributed by atoms with Gasteiger partial charge in [0.1, 0.15) is 12.1 Å². The van der Waals surface area contributed by atoms with Gasteiger partial charge in [0.05, 0.1) is 12.1 Å². The Balaban J connectivity index is 0.00000441. The molecule has 2 fully saturated rings. The zero-order valence-corrected chi connectivity index (χ0v) is 24.3. The molecular formula is C29H39ClN6O3S. The quantitative estimate of drug-likeness (QED) is 0.283. The van der Waals surface area contributed by atoms with Crippen molar-refractivity contribution < 1.29 is 14.4 Å². The lowest BCUT2D eigenvalue weighted by molar-refractivity contribution is -0.143. The molecule has 216 valence electrons. The first-order chi connectivity index (χ1) is 18.8. The summed E-state index contributed by atoms with van der Waals surface area (Å²) in [5, 5.41) is 9.18. The monoisotopic (exact) mass is 586 g/mol. The van der Waals surface area contributed by atoms with Crippen molar-refractivity contribution in [3.8, 4) is 0 Å². The number of nitrogens with one attached hydrogen (secondary N) is 3. The third-order valence-electron chi connectivity index (χ3n) is 7.83. The summed E-state index contributed by atoms with van der Waals surface area (Å²) in [5.41, 5.74) is 13.5. The highest BCUT2D eigenvalue weighted by atomic mass is 35.5. The maximum atomic E-state index is 14.1. The lowest BCUT2D eigenvalue weighted by atomic mass is 9.92. The number of nitrogens with zero attached hydrogens (tertiary/aromatic N) is 1. The Kier molecular flexibility index (Phi) is 11.3. The molecule has 2 aliphatic rings. The molecule has 0 aromatic heterocycles. The molecule has 40 heavy (non-hydrogen) atoms. The molecule has 0 radical (unpaired) electrons. The second-order valence-corrected chi connectivity index (χ2v) is 10.8. The third kappa shape index (κ3) is 7.30. The molecule has 2 aliphatic heterocycles. The number of halogens is 1. The van der Waals surface area contributed by atoms with Gasteiger partial charge in [-0.05, 0) is 55.4 Å². The Hall–Kier alpha value is -3.21. The fourth-order valence-electron chi connectivity index (χ4n) is 5.66. The standard InChI is InChI=1S/C29H38N6O3S.ClH/c1-2-22(30)26(36)34-25-20(17-32-29(31)39)13-14-21-15-16-23(35(21)28(25)38)27(37)33-24(18-9-5-3-6-10-18)19-11-7-4-8-12-19;/h3-12,20-25H,2,13-17,30H2,1H3,(H,33,37)(H,34,36)(H3,31,32,39);1H/t20-,21+,22+,23+,25+;/m1./s1. The van der Waals surface area contributed by atoms with E-state index < -0.39 is 18.1 Å². The first kappa shape index (κ1) is 31.3. The van der Waals surface area contributed by atoms with Gasteiger partial charge in [-0.1, -0.05) is 67.6 Å². The van der Waals surface area contributed by atoms with Gasteiger partial charge in [0.2, 0.25) is 17.7 Å². The molecule has 0 spiro atoms. The molecule has 3 amide bonds. The molecule has 2 saturated heterocycles. The van der Waals surface area contributed by atoms with Crippen LogP contribution in [0.15, 0.2) is 60.7 Å². The average molecular weight is 587 g/mol. The van der Waals surface area contributed by atoms with E-state index in [9.17, 15) is 14.4 Å². The van der Waals surface area contributed by atoms with Crippen molar-refractivity contribution >= 4 is 47.5 Å². The van der Waals surface area contributed by atoms with Gasteiger partial charge < -0.3 is 32.3 Å². The number of amides is 3. The van der Waals surface area contributed by atoms with E-state index in [4.69, 9.17) is 23.7 Å². The number of carbonyl (C=O) groups excluding carboxylic acids is 3. The highest BCUT2D eigenvalue weighted by Gasteiger charge is 2.47. The lowest BCUT2D eigenvalue weighted by Crippen LogP contribution is -2.59. The maximum Gasteiger partial charge on any atom is 0.246 e. The molecule has 7 N–H and O–H groups in total. The Bertz CT molecular complexity index is 1130. The summed E-state index contributed by atoms with van der Waals surface area (Å²) < 4.78 is 0. The molecular weight excluding hydrogens is 548 g/mol. The molecule has 2 heterocycles. The molecule has 4 rings (SSSR count). The molecule has 11 heteroatoms. The predicted molar refractivity (Wildman–Crippen MR) is 161 cm³/mol. The molecule has 2 aromatic carbocycles. The zero-order valence-electron chi connectivity index (χ0n) is 22.6. The number of carbonyl (C=O) groups is 3. The van der Waals surface area contributed by atoms with E-state index in [1.807, 2.05) is 67.6 Å². The number of rotatable bonds is 9. The Morgan fingerprint density at radius 3 is 2.12 bits per heavy atom. The highest BCUT2D eigenvalue weighted by Crippen LogP contribution is 2.34. The van der Waals surface area contributed by atoms with Crippen molar-refractivity contribution in [1.29, 1.82) is 0 Å². The summed E-state index contributed by atoms with van der Waals surface area (Å²) in [4.78, 5) is 42.4. The largest absolute Gasteiger partial charge is 0.376 e. The van der Waals surface area contributed by atoms with Gasteiger partial charge in [-0.2, -0.15) is 0 Å². The van der Waals surface area contributed by atoms with Gasteiger partial charge >= 0.3 is 0 Å². The molecule has 0 unspecified atom stereocenters. The van der Waals surface area contributed by atoms with Crippen molar-refractivity contribution in [3.63, 3.8) is 0 Å². The predicted octanol–water partition coefficient (Wildman–Crippen LogP) is 2.14. The first-order valence-corrected chi connectivity index (χ1v) is 14.0. The van der Waals surface area contributed by atoms with E-state index in [1.165, 1.54) is 0 Å². The molecule has 5 atom stereocenters. The van der Waals surface area contributed by atoms with Gasteiger partial charge in [-0.25, -0.2) is 0 Å². The van der Waals surface area contributed by atoms with Crippen molar-refractivity contribution in [3.05, 3.63) is 71.8 Å². The van der Waals surface area contributed by atoms with Crippen LogP contribution in [0.5, 0.6) is 0 Å². The van der Waals surface area contributed by atoms with E-state index in [0.29, 0.717) is 32.2 Å². The Morgan fingerprint density at radius 1 is 1.00 bits per heavy atom. The van der Waals surface area contributed by atoms with Crippen LogP contribution >= 0.6 is 24.6 Å². The Labute approximate surface area is 247 Å². The summed E-state index contributed by atoms with van der Waals surface area (Å²) in [5.74, 6) is -1.11. The molecule has 0 saturated carbocycles. The minimum absolute atomic E-state index is 0. The molecule has 0 bridgehead atoms. The lowest BCUT2D eigenvalue weighted by Gasteiger charge is -2.33. The number of hydrogen-bond acceptors (Lipinski definition) is 5. The van der Waals surface area contributed by atoms with Gasteiger partial charge in [-0.3, -0.25) is 14.4 Å². The summed E-state index contributed by atoms with van der Waals surface area (Å²) in [7, 11) is 0. The zero-order chi connectivity index (χ0) is 27.9. The third-order valence-corrected chi connectivity index (χ3v) is 7.98. The van der Waals surface area contributed by atoms with Crippen LogP contribution in [-0.4, -0.2) is 58.4 Å². The van der Waals surface area contributed by atoms with E-state index in [0.717, 1.165) is 17.5 Å². The van der Waals surface area contributed by atoms with Crippen LogP contribution in [0.4, 0.5) is 0 Å². The van der Waals surface area contributed by atoms with Gasteiger partial charge in [0, 0.05) is 18.5 Å². The van der Waals surface area contributed by atoms with Crippen molar-refractivity contribution in [2.45, 2.75) is 69.2 Å². The van der Waals surface area contributed by atoms with E-state index in [-0.39, 0.29) is 53.2 Å². The van der Waals surface area contributed by atoms with E-state index in [1.54, 1.807) is 4.90 Å². The van der Waals surface area contributed by atoms with Crippen LogP contribution in [0.2, 0.25) is 0 Å². The van der Waals surface area contributed by atoms with Crippen LogP contribution in [-0.2, 0) is 14.4 Å². The number of nitrogens with two attached hydrogens (primary N) is 2. The minimum Gasteiger partial charge on any atom is -0.376 e. The average Bonchev–Trinajstić information content (AvgIpc) is 3.33. The number of thiocarbonyl (C=S) groups is 1. The minimum atomic E-state index is -0.839. The van der Waals surface area contributed by atoms with Crippen molar-refractivity contribution in [1.82, 2.24) is 20.9 Å². The number of hydrogen-bond donors (Lipinski definition) is 5. The van der Waals surface area contributed by atoms with Gasteiger partial charge in [-0.15, -0.1) is 12.4 Å². The molecule has 0 aliphatic carbocycles. The number of fused-ring (bicyclic) bond motifs is 1. The SMILES string of the molecule is CC[C@H](N)C(=O)N[C@@H]1C(=O)N2[C@@H](CC[C@@H]1CNC(N)=S)CC[C@H]2C(=O)NC(c1ccccc1)c1ccccc1.Cl. The van der Waals surface area contributed by atoms with Crippen LogP contribution in [0.25, 0.3) is 0 Å². The topological polar surface area (TPSA) is 143 Å². The highest BCUT2D eigenvalue weighted by molar-refractivity contribution is 7.80. The summed E-state index contributed by atoms with van der Waals surface area (Å²) >= 11 is 4.98. The second kappa shape index (κ2) is 14.4. The fourth-order valence-corrected chi connectivity index (χ4v) is 5.74. The van der Waals surface area contributed by atoms with Crippen molar-refractivity contribution in [2.75, 3.05) is 6.54 Å². The summed E-state index contributed by atoms with van der Waals surface area (Å²) in [6.45, 7) is 2.16. The summed E-state index contributed by atoms with van der Waals surface area (Å²) in [6.07, 6.45) is 3.10. The van der Waals surface area contributed by atoms with E-state index in [2.05, 4.69) is 16.0 Å². The van der Waals surface area contributed by atoms with E-state index >= 15 is 0 Å². The van der Waals surface area contributed by atoms with Crippen LogP contribution in [0, 0.1) is 5.92 Å². The molecule has 9 nitrogen and oxygen atoms in total. The summed E-state index contributed by atoms with van der Waals surface area (Å²) in [6, 6.07) is 16.9. The Morgan fingerprint density at radius 2 is 1.57 bits per heavy atom. The smallest absolute Gasteiger partial charge is 0.246 e. The second-order valence-electron chi connectivity index (χ2n) is 10.3. The first-order valence-electron chi connectivity index (χ1n) is 13.6. The van der Waals surface area contributed by atoms with Crippen LogP contribution in [0.1, 0.15) is 56.2 Å². The van der Waals surface area contributed by atoms with Gasteiger partial charge in [0.15, 0.2) is 5.11 Å². The van der Waals surface area contributed by atoms with Crippen LogP contribution < -0.4 is 27.4 Å². The van der Waals surface area contributed by atoms with Crippen LogP contribution in [0.3, 0.4) is 0 Å². The van der Waals surface area contributed by atoms with Crippen molar-refractivity contribution in [2.24, 2.45) is 17.4 Å². The molecule has 2 aromatic rings. The number of benzene rings is 2. The van der Waals surface area contributed by atoms with Gasteiger partial charge in [0.25, 0.3) is 0 Å².